The highest BCUT2D eigenvalue weighted by Crippen LogP contribution is 2.29. The second-order valence-corrected chi connectivity index (χ2v) is 11.7. The topological polar surface area (TPSA) is 120 Å². The Morgan fingerprint density at radius 3 is 2.72 bits per heavy atom. The zero-order valence-electron chi connectivity index (χ0n) is 21.0. The third-order valence-electron chi connectivity index (χ3n) is 6.20. The molecule has 0 radical (unpaired) electrons. The zero-order chi connectivity index (χ0) is 25.9. The van der Waals surface area contributed by atoms with Crippen LogP contribution in [0, 0.1) is 5.92 Å². The molecule has 1 fully saturated rings. The first-order valence-corrected chi connectivity index (χ1v) is 13.5. The molecule has 2 N–H and O–H groups in total. The van der Waals surface area contributed by atoms with E-state index < -0.39 is 16.1 Å². The summed E-state index contributed by atoms with van der Waals surface area (Å²) in [6, 6.07) is 5.85. The molecule has 36 heavy (non-hydrogen) atoms. The van der Waals surface area contributed by atoms with Gasteiger partial charge in [-0.3, -0.25) is 4.79 Å². The van der Waals surface area contributed by atoms with E-state index in [1.807, 2.05) is 18.2 Å². The Kier molecular flexibility index (Phi) is 7.62. The summed E-state index contributed by atoms with van der Waals surface area (Å²) in [4.78, 5) is 17.0. The third kappa shape index (κ3) is 5.85. The van der Waals surface area contributed by atoms with Gasteiger partial charge >= 0.3 is 10.2 Å². The second kappa shape index (κ2) is 10.5. The van der Waals surface area contributed by atoms with Gasteiger partial charge in [-0.2, -0.15) is 22.3 Å². The molecule has 1 aliphatic heterocycles. The fourth-order valence-electron chi connectivity index (χ4n) is 4.29. The van der Waals surface area contributed by atoms with Crippen LogP contribution in [0.2, 0.25) is 0 Å². The van der Waals surface area contributed by atoms with Gasteiger partial charge in [0.25, 0.3) is 5.91 Å². The molecule has 11 heteroatoms. The predicted molar refractivity (Wildman–Crippen MR) is 138 cm³/mol. The molecule has 1 saturated heterocycles. The quantitative estimate of drug-likeness (QED) is 0.424. The van der Waals surface area contributed by atoms with Gasteiger partial charge in [-0.25, -0.2) is 4.98 Å². The van der Waals surface area contributed by atoms with E-state index in [2.05, 4.69) is 47.1 Å². The molecule has 0 unspecified atom stereocenters. The van der Waals surface area contributed by atoms with Crippen LogP contribution in [-0.4, -0.2) is 52.8 Å². The first-order chi connectivity index (χ1) is 17.1. The first kappa shape index (κ1) is 26.1. The molecule has 0 saturated carbocycles. The summed E-state index contributed by atoms with van der Waals surface area (Å²) in [7, 11) is -3.97. The number of hydrogen-bond donors (Lipinski definition) is 2. The van der Waals surface area contributed by atoms with Gasteiger partial charge in [0.1, 0.15) is 5.82 Å². The van der Waals surface area contributed by atoms with Gasteiger partial charge in [-0.1, -0.05) is 32.9 Å². The van der Waals surface area contributed by atoms with Crippen LogP contribution >= 0.6 is 0 Å². The zero-order valence-corrected chi connectivity index (χ0v) is 21.8. The summed E-state index contributed by atoms with van der Waals surface area (Å²) in [5, 5.41) is 6.42. The third-order valence-corrected chi connectivity index (χ3v) is 7.40. The number of imidazole rings is 1. The number of benzene rings is 1. The lowest BCUT2D eigenvalue weighted by atomic mass is 9.94. The average molecular weight is 515 g/mol. The number of nitrogens with one attached hydrogen (secondary N) is 2. The molecular weight excluding hydrogens is 480 g/mol. The fourth-order valence-corrected chi connectivity index (χ4v) is 5.20. The number of ether oxygens (including phenoxy) is 1. The minimum absolute atomic E-state index is 0.0633. The highest BCUT2D eigenvalue weighted by atomic mass is 32.2. The largest absolute Gasteiger partial charge is 0.381 e. The number of rotatable bonds is 9. The minimum atomic E-state index is -3.97. The molecule has 1 amide bonds. The van der Waals surface area contributed by atoms with Gasteiger partial charge in [0.05, 0.1) is 29.0 Å². The van der Waals surface area contributed by atoms with Gasteiger partial charge < -0.3 is 14.6 Å². The van der Waals surface area contributed by atoms with Crippen LogP contribution in [0.25, 0.3) is 11.0 Å². The number of aromatic nitrogens is 4. The van der Waals surface area contributed by atoms with E-state index in [9.17, 15) is 13.2 Å². The van der Waals surface area contributed by atoms with E-state index >= 15 is 0 Å². The monoisotopic (exact) mass is 514 g/mol. The van der Waals surface area contributed by atoms with Crippen molar-refractivity contribution in [1.29, 1.82) is 0 Å². The Hall–Kier alpha value is -3.02. The summed E-state index contributed by atoms with van der Waals surface area (Å²) in [6.45, 7) is 12.8. The summed E-state index contributed by atoms with van der Waals surface area (Å²) < 4.78 is 36.6. The second-order valence-electron chi connectivity index (χ2n) is 10.1. The number of fused-ring (bicyclic) bond motifs is 1. The smallest absolute Gasteiger partial charge is 0.320 e. The Morgan fingerprint density at radius 2 is 2.03 bits per heavy atom. The molecule has 0 bridgehead atoms. The van der Waals surface area contributed by atoms with Crippen molar-refractivity contribution in [1.82, 2.24) is 28.8 Å². The molecular formula is C25H34N6O4S. The van der Waals surface area contributed by atoms with Gasteiger partial charge in [0, 0.05) is 38.3 Å². The van der Waals surface area contributed by atoms with E-state index in [4.69, 9.17) is 9.72 Å². The summed E-state index contributed by atoms with van der Waals surface area (Å²) >= 11 is 0. The number of nitrogens with zero attached hydrogens (tertiary/aromatic N) is 4. The van der Waals surface area contributed by atoms with Crippen LogP contribution in [-0.2, 0) is 33.5 Å². The predicted octanol–water partition coefficient (Wildman–Crippen LogP) is 2.76. The lowest BCUT2D eigenvalue weighted by molar-refractivity contribution is 0.0611. The minimum Gasteiger partial charge on any atom is -0.381 e. The van der Waals surface area contributed by atoms with Crippen LogP contribution in [0.4, 0.5) is 0 Å². The van der Waals surface area contributed by atoms with Crippen molar-refractivity contribution < 1.29 is 17.9 Å². The van der Waals surface area contributed by atoms with E-state index in [-0.39, 0.29) is 24.1 Å². The molecule has 0 aliphatic carbocycles. The van der Waals surface area contributed by atoms with Crippen molar-refractivity contribution >= 4 is 27.1 Å². The van der Waals surface area contributed by atoms with Crippen molar-refractivity contribution in [2.24, 2.45) is 5.92 Å². The van der Waals surface area contributed by atoms with Crippen molar-refractivity contribution in [2.45, 2.75) is 52.1 Å². The van der Waals surface area contributed by atoms with Gasteiger partial charge in [0.15, 0.2) is 0 Å². The molecule has 1 aromatic carbocycles. The Morgan fingerprint density at radius 1 is 1.28 bits per heavy atom. The summed E-state index contributed by atoms with van der Waals surface area (Å²) in [5.41, 5.74) is 2.66. The molecule has 0 atom stereocenters. The first-order valence-electron chi connectivity index (χ1n) is 12.1. The highest BCUT2D eigenvalue weighted by Gasteiger charge is 2.25. The Balaban J connectivity index is 1.52. The van der Waals surface area contributed by atoms with Crippen LogP contribution in [0.1, 0.15) is 55.4 Å². The molecule has 3 aromatic rings. The molecule has 10 nitrogen and oxygen atoms in total. The van der Waals surface area contributed by atoms with Crippen molar-refractivity contribution in [3.05, 3.63) is 60.2 Å². The van der Waals surface area contributed by atoms with E-state index in [1.165, 1.54) is 18.5 Å². The van der Waals surface area contributed by atoms with Crippen LogP contribution in [0.5, 0.6) is 0 Å². The number of hydrogen-bond acceptors (Lipinski definition) is 6. The molecule has 3 heterocycles. The van der Waals surface area contributed by atoms with Gasteiger partial charge in [0.2, 0.25) is 0 Å². The number of amides is 1. The van der Waals surface area contributed by atoms with E-state index in [0.717, 1.165) is 59.1 Å². The van der Waals surface area contributed by atoms with Crippen LogP contribution in [0.3, 0.4) is 0 Å². The molecule has 1 aliphatic rings. The molecule has 4 rings (SSSR count). The standard InChI is InChI=1S/C25H34N6O4S/c1-5-10-26-23(32)20-15-27-31(17-20)36(33,34)28-14-19-6-7-22-21(13-19)29-24(25(2,3)4)30(22)16-18-8-11-35-12-9-18/h5-7,13,15,17-18,28H,1,8-12,14,16H2,2-4H3,(H,26,32). The molecule has 2 aromatic heterocycles. The molecule has 194 valence electrons. The maximum absolute atomic E-state index is 12.7. The van der Waals surface area contributed by atoms with E-state index in [0.29, 0.717) is 5.92 Å². The SMILES string of the molecule is C=CCNC(=O)c1cnn(S(=O)(=O)NCc2ccc3c(c2)nc(C(C)(C)C)n3CC2CCOCC2)c1. The van der Waals surface area contributed by atoms with Crippen molar-refractivity contribution in [2.75, 3.05) is 19.8 Å². The molecule has 0 spiro atoms. The van der Waals surface area contributed by atoms with Crippen molar-refractivity contribution in [3.63, 3.8) is 0 Å². The lowest BCUT2D eigenvalue weighted by Crippen LogP contribution is -2.30. The van der Waals surface area contributed by atoms with Gasteiger partial charge in [-0.05, 0) is 36.5 Å². The highest BCUT2D eigenvalue weighted by molar-refractivity contribution is 7.87. The van der Waals surface area contributed by atoms with Gasteiger partial charge in [-0.15, -0.1) is 6.58 Å². The number of carbonyl (C=O) groups excluding carboxylic acids is 1. The maximum atomic E-state index is 12.7. The normalized spacial score (nSPS) is 15.3. The Bertz CT molecular complexity index is 1350. The summed E-state index contributed by atoms with van der Waals surface area (Å²) in [5.74, 6) is 1.13. The lowest BCUT2D eigenvalue weighted by Gasteiger charge is -2.26. The van der Waals surface area contributed by atoms with Crippen LogP contribution < -0.4 is 10.0 Å². The fraction of sp³-hybridized carbons (Fsp3) is 0.480. The van der Waals surface area contributed by atoms with Crippen LogP contribution in [0.15, 0.2) is 43.2 Å². The summed E-state index contributed by atoms with van der Waals surface area (Å²) in [6.07, 6.45) is 6.00. The van der Waals surface area contributed by atoms with E-state index in [1.54, 1.807) is 0 Å². The van der Waals surface area contributed by atoms with Crippen molar-refractivity contribution in [3.8, 4) is 0 Å². The maximum Gasteiger partial charge on any atom is 0.320 e. The number of carbonyl (C=O) groups is 1. The average Bonchev–Trinajstić information content (AvgIpc) is 3.48. The Labute approximate surface area is 211 Å².